The fourth-order valence-corrected chi connectivity index (χ4v) is 2.25. The molecule has 1 fully saturated rings. The number of hydrogen-bond donors (Lipinski definition) is 1. The van der Waals surface area contributed by atoms with Crippen LogP contribution in [-0.2, 0) is 6.42 Å². The lowest BCUT2D eigenvalue weighted by atomic mass is 9.92. The highest BCUT2D eigenvalue weighted by atomic mass is 19.1. The highest BCUT2D eigenvalue weighted by Crippen LogP contribution is 2.51. The van der Waals surface area contributed by atoms with E-state index in [0.717, 1.165) is 24.9 Å². The lowest BCUT2D eigenvalue weighted by molar-refractivity contribution is 0.470. The van der Waals surface area contributed by atoms with Gasteiger partial charge in [-0.3, -0.25) is 0 Å². The monoisotopic (exact) mass is 207 g/mol. The normalized spacial score (nSPS) is 17.8. The second-order valence-electron chi connectivity index (χ2n) is 4.80. The van der Waals surface area contributed by atoms with Crippen LogP contribution in [0.2, 0.25) is 0 Å². The van der Waals surface area contributed by atoms with Crippen molar-refractivity contribution in [2.75, 3.05) is 6.54 Å². The molecular weight excluding hydrogens is 189 g/mol. The van der Waals surface area contributed by atoms with Crippen molar-refractivity contribution in [3.8, 4) is 0 Å². The minimum atomic E-state index is -0.109. The van der Waals surface area contributed by atoms with Gasteiger partial charge in [0.05, 0.1) is 0 Å². The molecule has 1 aliphatic carbocycles. The number of aryl methyl sites for hydroxylation is 1. The van der Waals surface area contributed by atoms with Gasteiger partial charge in [0.1, 0.15) is 5.82 Å². The summed E-state index contributed by atoms with van der Waals surface area (Å²) in [5.74, 6) is -0.109. The van der Waals surface area contributed by atoms with Crippen molar-refractivity contribution in [2.24, 2.45) is 11.1 Å². The number of hydrogen-bond acceptors (Lipinski definition) is 1. The molecule has 82 valence electrons. The highest BCUT2D eigenvalue weighted by molar-refractivity contribution is 5.25. The molecule has 0 heterocycles. The van der Waals surface area contributed by atoms with Gasteiger partial charge in [-0.15, -0.1) is 0 Å². The second kappa shape index (κ2) is 3.93. The van der Waals surface area contributed by atoms with Gasteiger partial charge in [-0.1, -0.05) is 12.1 Å². The Kier molecular flexibility index (Phi) is 2.79. The largest absolute Gasteiger partial charge is 0.330 e. The number of rotatable bonds is 4. The van der Waals surface area contributed by atoms with Crippen molar-refractivity contribution in [3.05, 3.63) is 35.1 Å². The van der Waals surface area contributed by atoms with Crippen LogP contribution in [0.3, 0.4) is 0 Å². The first kappa shape index (κ1) is 10.6. The van der Waals surface area contributed by atoms with E-state index in [-0.39, 0.29) is 5.82 Å². The van der Waals surface area contributed by atoms with Crippen molar-refractivity contribution in [3.63, 3.8) is 0 Å². The van der Waals surface area contributed by atoms with Crippen LogP contribution in [0.1, 0.15) is 30.4 Å². The fourth-order valence-electron chi connectivity index (χ4n) is 2.25. The van der Waals surface area contributed by atoms with Crippen molar-refractivity contribution in [1.29, 1.82) is 0 Å². The van der Waals surface area contributed by atoms with Crippen LogP contribution < -0.4 is 5.73 Å². The summed E-state index contributed by atoms with van der Waals surface area (Å²) in [5.41, 5.74) is 8.04. The number of nitrogens with two attached hydrogens (primary N) is 1. The fraction of sp³-hybridized carbons (Fsp3) is 0.538. The average molecular weight is 207 g/mol. The first-order chi connectivity index (χ1) is 7.15. The first-order valence-electron chi connectivity index (χ1n) is 5.60. The summed E-state index contributed by atoms with van der Waals surface area (Å²) < 4.78 is 13.1. The summed E-state index contributed by atoms with van der Waals surface area (Å²) in [4.78, 5) is 0. The van der Waals surface area contributed by atoms with Crippen molar-refractivity contribution >= 4 is 0 Å². The third kappa shape index (κ3) is 2.37. The van der Waals surface area contributed by atoms with Gasteiger partial charge in [-0.25, -0.2) is 4.39 Å². The Bertz CT molecular complexity index is 356. The van der Waals surface area contributed by atoms with Crippen molar-refractivity contribution < 1.29 is 4.39 Å². The van der Waals surface area contributed by atoms with Crippen molar-refractivity contribution in [1.82, 2.24) is 0 Å². The third-order valence-corrected chi connectivity index (χ3v) is 3.43. The third-order valence-electron chi connectivity index (χ3n) is 3.43. The van der Waals surface area contributed by atoms with E-state index < -0.39 is 0 Å². The van der Waals surface area contributed by atoms with Crippen LogP contribution in [0, 0.1) is 18.2 Å². The minimum Gasteiger partial charge on any atom is -0.330 e. The molecule has 2 rings (SSSR count). The van der Waals surface area contributed by atoms with Crippen LogP contribution in [0.25, 0.3) is 0 Å². The molecule has 0 aliphatic heterocycles. The zero-order valence-corrected chi connectivity index (χ0v) is 9.22. The van der Waals surface area contributed by atoms with Crippen LogP contribution in [0.15, 0.2) is 18.2 Å². The Labute approximate surface area is 90.5 Å². The average Bonchev–Trinajstić information content (AvgIpc) is 2.92. The van der Waals surface area contributed by atoms with E-state index in [1.165, 1.54) is 18.4 Å². The van der Waals surface area contributed by atoms with Crippen LogP contribution in [-0.4, -0.2) is 6.54 Å². The molecule has 0 amide bonds. The Morgan fingerprint density at radius 2 is 2.13 bits per heavy atom. The lowest BCUT2D eigenvalue weighted by Gasteiger charge is -2.14. The summed E-state index contributed by atoms with van der Waals surface area (Å²) in [6, 6.07) is 5.44. The standard InChI is InChI=1S/C13H18FN/c1-10-8-11(2-3-12(10)14)9-13(4-5-13)6-7-15/h2-3,8H,4-7,9,15H2,1H3. The Morgan fingerprint density at radius 3 is 2.67 bits per heavy atom. The van der Waals surface area contributed by atoms with Gasteiger partial charge in [0.15, 0.2) is 0 Å². The van der Waals surface area contributed by atoms with Crippen LogP contribution in [0.5, 0.6) is 0 Å². The molecule has 1 saturated carbocycles. The van der Waals surface area contributed by atoms with Gasteiger partial charge in [-0.05, 0) is 61.8 Å². The molecule has 15 heavy (non-hydrogen) atoms. The zero-order chi connectivity index (χ0) is 10.9. The summed E-state index contributed by atoms with van der Waals surface area (Å²) in [7, 11) is 0. The van der Waals surface area contributed by atoms with E-state index >= 15 is 0 Å². The van der Waals surface area contributed by atoms with Gasteiger partial charge in [0.2, 0.25) is 0 Å². The van der Waals surface area contributed by atoms with Gasteiger partial charge in [0, 0.05) is 0 Å². The predicted octanol–water partition coefficient (Wildman–Crippen LogP) is 2.81. The maximum Gasteiger partial charge on any atom is 0.126 e. The summed E-state index contributed by atoms with van der Waals surface area (Å²) in [6.45, 7) is 2.58. The van der Waals surface area contributed by atoms with Gasteiger partial charge >= 0.3 is 0 Å². The van der Waals surface area contributed by atoms with Gasteiger partial charge in [0.25, 0.3) is 0 Å². The summed E-state index contributed by atoms with van der Waals surface area (Å²) >= 11 is 0. The molecule has 1 aromatic carbocycles. The maximum atomic E-state index is 13.1. The molecule has 0 aromatic heterocycles. The summed E-state index contributed by atoms with van der Waals surface area (Å²) in [5, 5.41) is 0. The second-order valence-corrected chi connectivity index (χ2v) is 4.80. The van der Waals surface area contributed by atoms with Gasteiger partial charge in [-0.2, -0.15) is 0 Å². The van der Waals surface area contributed by atoms with E-state index in [4.69, 9.17) is 5.73 Å². The molecule has 0 unspecified atom stereocenters. The minimum absolute atomic E-state index is 0.109. The predicted molar refractivity (Wildman–Crippen MR) is 60.2 cm³/mol. The summed E-state index contributed by atoms with van der Waals surface area (Å²) in [6.07, 6.45) is 4.72. The van der Waals surface area contributed by atoms with Crippen LogP contribution >= 0.6 is 0 Å². The first-order valence-corrected chi connectivity index (χ1v) is 5.60. The topological polar surface area (TPSA) is 26.0 Å². The molecule has 0 bridgehead atoms. The molecule has 2 N–H and O–H groups in total. The molecule has 0 radical (unpaired) electrons. The van der Waals surface area contributed by atoms with E-state index in [1.54, 1.807) is 6.07 Å². The number of halogens is 1. The number of benzene rings is 1. The van der Waals surface area contributed by atoms with E-state index in [0.29, 0.717) is 5.41 Å². The van der Waals surface area contributed by atoms with E-state index in [2.05, 4.69) is 0 Å². The lowest BCUT2D eigenvalue weighted by Crippen LogP contribution is -2.12. The molecule has 1 aromatic rings. The Hall–Kier alpha value is -0.890. The smallest absolute Gasteiger partial charge is 0.126 e. The molecule has 0 atom stereocenters. The quantitative estimate of drug-likeness (QED) is 0.807. The van der Waals surface area contributed by atoms with Crippen LogP contribution in [0.4, 0.5) is 4.39 Å². The Balaban J connectivity index is 2.08. The molecule has 1 nitrogen and oxygen atoms in total. The maximum absolute atomic E-state index is 13.1. The van der Waals surface area contributed by atoms with E-state index in [1.807, 2.05) is 19.1 Å². The van der Waals surface area contributed by atoms with Gasteiger partial charge < -0.3 is 5.73 Å². The molecular formula is C13H18FN. The molecule has 0 saturated heterocycles. The van der Waals surface area contributed by atoms with E-state index in [9.17, 15) is 4.39 Å². The zero-order valence-electron chi connectivity index (χ0n) is 9.22. The van der Waals surface area contributed by atoms with Crippen molar-refractivity contribution in [2.45, 2.75) is 32.6 Å². The molecule has 0 spiro atoms. The highest BCUT2D eigenvalue weighted by Gasteiger charge is 2.41. The molecule has 2 heteroatoms. The Morgan fingerprint density at radius 1 is 1.40 bits per heavy atom. The SMILES string of the molecule is Cc1cc(CC2(CCN)CC2)ccc1F. The molecule has 1 aliphatic rings.